The Morgan fingerprint density at radius 2 is 2.39 bits per heavy atom. The minimum absolute atomic E-state index is 0.118. The van der Waals surface area contributed by atoms with Crippen molar-refractivity contribution in [1.29, 1.82) is 5.26 Å². The molecule has 1 aliphatic heterocycles. The molecule has 1 heterocycles. The molecule has 0 aromatic heterocycles. The predicted octanol–water partition coefficient (Wildman–Crippen LogP) is 2.10. The average Bonchev–Trinajstić information content (AvgIpc) is 2.68. The highest BCUT2D eigenvalue weighted by molar-refractivity contribution is 5.70. The monoisotopic (exact) mass is 248 g/mol. The van der Waals surface area contributed by atoms with Crippen molar-refractivity contribution in [2.24, 2.45) is 0 Å². The molecule has 0 saturated carbocycles. The van der Waals surface area contributed by atoms with Gasteiger partial charge in [0.05, 0.1) is 18.5 Å². The summed E-state index contributed by atoms with van der Waals surface area (Å²) in [5, 5.41) is 8.55. The summed E-state index contributed by atoms with van der Waals surface area (Å²) in [5.41, 5.74) is 0.820. The Labute approximate surface area is 105 Å². The summed E-state index contributed by atoms with van der Waals surface area (Å²) in [4.78, 5) is 13.0. The normalized spacial score (nSPS) is 18.6. The third kappa shape index (κ3) is 2.77. The number of rotatable bonds is 4. The Morgan fingerprint density at radius 3 is 3.11 bits per heavy atom. The van der Waals surface area contributed by atoms with Crippen molar-refractivity contribution < 1.29 is 13.9 Å². The Balaban J connectivity index is 2.04. The number of ether oxygens (including phenoxy) is 1. The van der Waals surface area contributed by atoms with Crippen LogP contribution in [0.3, 0.4) is 0 Å². The van der Waals surface area contributed by atoms with Crippen LogP contribution in [0, 0.1) is 17.1 Å². The molecule has 0 bridgehead atoms. The number of amides is 1. The molecule has 2 rings (SSSR count). The molecular formula is C13H13FN2O2. The van der Waals surface area contributed by atoms with Crippen LogP contribution >= 0.6 is 0 Å². The van der Waals surface area contributed by atoms with Gasteiger partial charge in [0.25, 0.3) is 0 Å². The van der Waals surface area contributed by atoms with Crippen molar-refractivity contribution in [2.75, 3.05) is 13.2 Å². The second kappa shape index (κ2) is 5.50. The predicted molar refractivity (Wildman–Crippen MR) is 62.2 cm³/mol. The summed E-state index contributed by atoms with van der Waals surface area (Å²) in [5.74, 6) is -0.290. The van der Waals surface area contributed by atoms with Crippen LogP contribution in [0.5, 0.6) is 0 Å². The minimum atomic E-state index is -0.397. The molecule has 1 aromatic carbocycles. The molecule has 0 spiro atoms. The lowest BCUT2D eigenvalue weighted by atomic mass is 10.1. The van der Waals surface area contributed by atoms with Gasteiger partial charge in [0.2, 0.25) is 0 Å². The van der Waals surface area contributed by atoms with Gasteiger partial charge in [-0.3, -0.25) is 0 Å². The topological polar surface area (TPSA) is 53.3 Å². The van der Waals surface area contributed by atoms with E-state index in [-0.39, 0.29) is 18.3 Å². The van der Waals surface area contributed by atoms with Crippen molar-refractivity contribution in [3.8, 4) is 6.07 Å². The fourth-order valence-electron chi connectivity index (χ4n) is 2.04. The van der Waals surface area contributed by atoms with Crippen molar-refractivity contribution in [1.82, 2.24) is 4.90 Å². The SMILES string of the molecule is N#CCCN1C(=O)OC[C@@H]1Cc1cccc(F)c1. The Kier molecular flexibility index (Phi) is 3.78. The van der Waals surface area contributed by atoms with Gasteiger partial charge < -0.3 is 9.64 Å². The van der Waals surface area contributed by atoms with Gasteiger partial charge in [0.15, 0.2) is 0 Å². The lowest BCUT2D eigenvalue weighted by Gasteiger charge is -2.20. The number of hydrogen-bond acceptors (Lipinski definition) is 3. The van der Waals surface area contributed by atoms with Gasteiger partial charge >= 0.3 is 6.09 Å². The van der Waals surface area contributed by atoms with Crippen molar-refractivity contribution in [2.45, 2.75) is 18.9 Å². The van der Waals surface area contributed by atoms with Crippen LogP contribution in [0.15, 0.2) is 24.3 Å². The van der Waals surface area contributed by atoms with Crippen LogP contribution in [-0.2, 0) is 11.2 Å². The van der Waals surface area contributed by atoms with Crippen molar-refractivity contribution in [3.05, 3.63) is 35.6 Å². The maximum atomic E-state index is 13.1. The zero-order valence-electron chi connectivity index (χ0n) is 9.80. The summed E-state index contributed by atoms with van der Waals surface area (Å²) >= 11 is 0. The molecule has 0 radical (unpaired) electrons. The number of nitrogens with zero attached hydrogens (tertiary/aromatic N) is 2. The molecule has 1 aromatic rings. The molecule has 5 heteroatoms. The van der Waals surface area contributed by atoms with Crippen LogP contribution in [-0.4, -0.2) is 30.2 Å². The van der Waals surface area contributed by atoms with E-state index in [0.29, 0.717) is 19.6 Å². The maximum Gasteiger partial charge on any atom is 0.410 e. The third-order valence-corrected chi connectivity index (χ3v) is 2.90. The van der Waals surface area contributed by atoms with Crippen molar-refractivity contribution >= 4 is 6.09 Å². The third-order valence-electron chi connectivity index (χ3n) is 2.90. The van der Waals surface area contributed by atoms with E-state index in [1.165, 1.54) is 17.0 Å². The summed E-state index contributed by atoms with van der Waals surface area (Å²) in [6, 6.07) is 8.17. The van der Waals surface area contributed by atoms with Gasteiger partial charge in [-0.15, -0.1) is 0 Å². The quantitative estimate of drug-likeness (QED) is 0.820. The molecule has 18 heavy (non-hydrogen) atoms. The largest absolute Gasteiger partial charge is 0.447 e. The zero-order chi connectivity index (χ0) is 13.0. The lowest BCUT2D eigenvalue weighted by molar-refractivity contribution is 0.158. The number of carbonyl (C=O) groups excluding carboxylic acids is 1. The van der Waals surface area contributed by atoms with E-state index < -0.39 is 6.09 Å². The first kappa shape index (κ1) is 12.4. The lowest BCUT2D eigenvalue weighted by Crippen LogP contribution is -2.35. The van der Waals surface area contributed by atoms with Gasteiger partial charge in [-0.25, -0.2) is 9.18 Å². The fraction of sp³-hybridized carbons (Fsp3) is 0.385. The Morgan fingerprint density at radius 1 is 1.56 bits per heavy atom. The number of benzene rings is 1. The summed E-state index contributed by atoms with van der Waals surface area (Å²) in [7, 11) is 0. The number of halogens is 1. The number of nitriles is 1. The molecule has 1 fully saturated rings. The highest BCUT2D eigenvalue weighted by atomic mass is 19.1. The fourth-order valence-corrected chi connectivity index (χ4v) is 2.04. The number of hydrogen-bond donors (Lipinski definition) is 0. The standard InChI is InChI=1S/C13H13FN2O2/c14-11-4-1-3-10(7-11)8-12-9-18-13(17)16(12)6-2-5-15/h1,3-4,7,12H,2,6,8-9H2/t12-/m0/s1. The summed E-state index contributed by atoms with van der Waals surface area (Å²) < 4.78 is 18.0. The van der Waals surface area contributed by atoms with Crippen molar-refractivity contribution in [3.63, 3.8) is 0 Å². The van der Waals surface area contributed by atoms with E-state index >= 15 is 0 Å². The van der Waals surface area contributed by atoms with E-state index in [2.05, 4.69) is 0 Å². The molecular weight excluding hydrogens is 235 g/mol. The van der Waals surface area contributed by atoms with E-state index in [9.17, 15) is 9.18 Å². The molecule has 1 amide bonds. The molecule has 1 atom stereocenters. The first-order valence-electron chi connectivity index (χ1n) is 5.75. The minimum Gasteiger partial charge on any atom is -0.447 e. The van der Waals surface area contributed by atoms with E-state index in [1.54, 1.807) is 6.07 Å². The molecule has 1 aliphatic rings. The number of cyclic esters (lactones) is 1. The number of carbonyl (C=O) groups is 1. The van der Waals surface area contributed by atoms with Crippen LogP contribution in [0.1, 0.15) is 12.0 Å². The average molecular weight is 248 g/mol. The second-order valence-electron chi connectivity index (χ2n) is 4.17. The molecule has 0 aliphatic carbocycles. The second-order valence-corrected chi connectivity index (χ2v) is 4.17. The Bertz CT molecular complexity index is 484. The molecule has 4 nitrogen and oxygen atoms in total. The van der Waals surface area contributed by atoms with Gasteiger partial charge in [-0.1, -0.05) is 12.1 Å². The van der Waals surface area contributed by atoms with Crippen LogP contribution in [0.25, 0.3) is 0 Å². The smallest absolute Gasteiger partial charge is 0.410 e. The molecule has 0 unspecified atom stereocenters. The Hall–Kier alpha value is -2.09. The maximum absolute atomic E-state index is 13.1. The van der Waals surface area contributed by atoms with E-state index in [0.717, 1.165) is 5.56 Å². The zero-order valence-corrected chi connectivity index (χ0v) is 9.80. The first-order chi connectivity index (χ1) is 8.70. The van der Waals surface area contributed by atoms with Gasteiger partial charge in [-0.05, 0) is 24.1 Å². The molecule has 94 valence electrons. The van der Waals surface area contributed by atoms with Gasteiger partial charge in [0.1, 0.15) is 12.4 Å². The molecule has 0 N–H and O–H groups in total. The summed E-state index contributed by atoms with van der Waals surface area (Å²) in [6.45, 7) is 0.649. The van der Waals surface area contributed by atoms with Crippen LogP contribution in [0.2, 0.25) is 0 Å². The van der Waals surface area contributed by atoms with Crippen LogP contribution in [0.4, 0.5) is 9.18 Å². The van der Waals surface area contributed by atoms with Crippen LogP contribution < -0.4 is 0 Å². The highest BCUT2D eigenvalue weighted by Gasteiger charge is 2.32. The highest BCUT2D eigenvalue weighted by Crippen LogP contribution is 2.17. The summed E-state index contributed by atoms with van der Waals surface area (Å²) in [6.07, 6.45) is 0.413. The first-order valence-corrected chi connectivity index (χ1v) is 5.75. The van der Waals surface area contributed by atoms with E-state index in [4.69, 9.17) is 10.00 Å². The van der Waals surface area contributed by atoms with Gasteiger partial charge in [0, 0.05) is 6.54 Å². The molecule has 1 saturated heterocycles. The van der Waals surface area contributed by atoms with E-state index in [1.807, 2.05) is 12.1 Å². The van der Waals surface area contributed by atoms with Gasteiger partial charge in [-0.2, -0.15) is 5.26 Å².